The van der Waals surface area contributed by atoms with Gasteiger partial charge in [-0.2, -0.15) is 0 Å². The average molecular weight is 469 g/mol. The fourth-order valence-electron chi connectivity index (χ4n) is 5.38. The highest BCUT2D eigenvalue weighted by Crippen LogP contribution is 2.36. The predicted molar refractivity (Wildman–Crippen MR) is 120 cm³/mol. The Kier molecular flexibility index (Phi) is 5.14. The standard InChI is InChI=1S/C24H28N4O6/c1-24(2,3)34-23(33)27-14-4-5-15(27)12-26(11-14)13-6-7-16-17(10-13)22(32)28(21(16)31)18-8-9-19(29)25-20(18)30/h6-7,10,14-15,18H,4-5,8-9,11-12H2,1-3H3,(H,25,29,30). The summed E-state index contributed by atoms with van der Waals surface area (Å²) in [6.07, 6.45) is 1.67. The highest BCUT2D eigenvalue weighted by molar-refractivity contribution is 6.23. The fraction of sp³-hybridized carbons (Fsp3) is 0.542. The summed E-state index contributed by atoms with van der Waals surface area (Å²) in [7, 11) is 0. The molecule has 5 amide bonds. The van der Waals surface area contributed by atoms with Crippen molar-refractivity contribution in [2.75, 3.05) is 18.0 Å². The molecule has 10 nitrogen and oxygen atoms in total. The number of benzene rings is 1. The summed E-state index contributed by atoms with van der Waals surface area (Å²) in [4.78, 5) is 67.5. The second kappa shape index (κ2) is 7.82. The molecule has 4 aliphatic heterocycles. The third-order valence-corrected chi connectivity index (χ3v) is 6.87. The number of carbonyl (C=O) groups is 5. The topological polar surface area (TPSA) is 116 Å². The highest BCUT2D eigenvalue weighted by atomic mass is 16.6. The zero-order chi connectivity index (χ0) is 24.4. The van der Waals surface area contributed by atoms with Gasteiger partial charge in [-0.25, -0.2) is 4.79 Å². The van der Waals surface area contributed by atoms with E-state index >= 15 is 0 Å². The van der Waals surface area contributed by atoms with Crippen LogP contribution in [0, 0.1) is 0 Å². The molecule has 3 unspecified atom stereocenters. The molecule has 1 N–H and O–H groups in total. The molecule has 4 aliphatic rings. The van der Waals surface area contributed by atoms with Crippen LogP contribution in [0.15, 0.2) is 18.2 Å². The van der Waals surface area contributed by atoms with Gasteiger partial charge in [-0.05, 0) is 58.2 Å². The minimum Gasteiger partial charge on any atom is -0.444 e. The molecule has 34 heavy (non-hydrogen) atoms. The molecule has 0 radical (unpaired) electrons. The van der Waals surface area contributed by atoms with Crippen molar-refractivity contribution in [1.82, 2.24) is 15.1 Å². The Morgan fingerprint density at radius 2 is 1.62 bits per heavy atom. The van der Waals surface area contributed by atoms with Gasteiger partial charge in [0.15, 0.2) is 0 Å². The first-order valence-corrected chi connectivity index (χ1v) is 11.7. The number of nitrogens with zero attached hydrogens (tertiary/aromatic N) is 3. The van der Waals surface area contributed by atoms with E-state index < -0.39 is 35.3 Å². The molecule has 180 valence electrons. The van der Waals surface area contributed by atoms with Crippen LogP contribution in [0.25, 0.3) is 0 Å². The van der Waals surface area contributed by atoms with Crippen molar-refractivity contribution in [3.63, 3.8) is 0 Å². The van der Waals surface area contributed by atoms with E-state index in [1.165, 1.54) is 0 Å². The number of hydrogen-bond acceptors (Lipinski definition) is 7. The Morgan fingerprint density at radius 1 is 0.971 bits per heavy atom. The van der Waals surface area contributed by atoms with Crippen molar-refractivity contribution in [2.45, 2.75) is 70.2 Å². The van der Waals surface area contributed by atoms with E-state index in [-0.39, 0.29) is 42.1 Å². The normalized spacial score (nSPS) is 26.7. The molecular formula is C24H28N4O6. The number of fused-ring (bicyclic) bond motifs is 3. The second-order valence-corrected chi connectivity index (χ2v) is 10.4. The van der Waals surface area contributed by atoms with E-state index in [9.17, 15) is 24.0 Å². The lowest BCUT2D eigenvalue weighted by Gasteiger charge is -2.42. The van der Waals surface area contributed by atoms with Crippen molar-refractivity contribution in [3.05, 3.63) is 29.3 Å². The predicted octanol–water partition coefficient (Wildman–Crippen LogP) is 1.68. The SMILES string of the molecule is CC(C)(C)OC(=O)N1C2CCC1CN(c1ccc3c(c1)C(=O)N(C1CCC(=O)NC1=O)C3=O)C2. The summed E-state index contributed by atoms with van der Waals surface area (Å²) >= 11 is 0. The van der Waals surface area contributed by atoms with E-state index in [2.05, 4.69) is 10.2 Å². The van der Waals surface area contributed by atoms with Crippen LogP contribution >= 0.6 is 0 Å². The Balaban J connectivity index is 1.34. The Hall–Kier alpha value is -3.43. The van der Waals surface area contributed by atoms with Crippen LogP contribution in [-0.2, 0) is 14.3 Å². The Morgan fingerprint density at radius 3 is 2.24 bits per heavy atom. The number of anilines is 1. The van der Waals surface area contributed by atoms with Gasteiger partial charge >= 0.3 is 6.09 Å². The maximum Gasteiger partial charge on any atom is 0.410 e. The zero-order valence-corrected chi connectivity index (χ0v) is 19.5. The van der Waals surface area contributed by atoms with Gasteiger partial charge in [-0.3, -0.25) is 34.3 Å². The maximum absolute atomic E-state index is 13.1. The number of carbonyl (C=O) groups excluding carboxylic acids is 5. The smallest absolute Gasteiger partial charge is 0.410 e. The van der Waals surface area contributed by atoms with Crippen molar-refractivity contribution < 1.29 is 28.7 Å². The molecule has 0 aromatic heterocycles. The molecule has 0 aliphatic carbocycles. The Labute approximate surface area is 197 Å². The average Bonchev–Trinajstić information content (AvgIpc) is 3.16. The lowest BCUT2D eigenvalue weighted by molar-refractivity contribution is -0.136. The molecule has 1 aromatic carbocycles. The summed E-state index contributed by atoms with van der Waals surface area (Å²) in [5.41, 5.74) is 0.753. The molecular weight excluding hydrogens is 440 g/mol. The Bertz CT molecular complexity index is 1100. The van der Waals surface area contributed by atoms with Gasteiger partial charge < -0.3 is 9.64 Å². The molecule has 2 bridgehead atoms. The first kappa shape index (κ1) is 22.4. The molecule has 3 saturated heterocycles. The number of piperidine rings is 1. The van der Waals surface area contributed by atoms with E-state index in [1.807, 2.05) is 25.7 Å². The molecule has 0 saturated carbocycles. The fourth-order valence-corrected chi connectivity index (χ4v) is 5.38. The van der Waals surface area contributed by atoms with Crippen LogP contribution in [-0.4, -0.2) is 76.3 Å². The number of imide groups is 2. The zero-order valence-electron chi connectivity index (χ0n) is 19.5. The number of hydrogen-bond donors (Lipinski definition) is 1. The first-order valence-electron chi connectivity index (χ1n) is 11.7. The van der Waals surface area contributed by atoms with Crippen LogP contribution in [0.2, 0.25) is 0 Å². The maximum atomic E-state index is 13.1. The molecule has 4 heterocycles. The molecule has 3 atom stereocenters. The number of ether oxygens (including phenoxy) is 1. The number of piperazine rings is 1. The van der Waals surface area contributed by atoms with Crippen LogP contribution in [0.3, 0.4) is 0 Å². The summed E-state index contributed by atoms with van der Waals surface area (Å²) in [5.74, 6) is -2.07. The van der Waals surface area contributed by atoms with E-state index in [0.29, 0.717) is 13.1 Å². The van der Waals surface area contributed by atoms with Crippen molar-refractivity contribution in [2.24, 2.45) is 0 Å². The van der Waals surface area contributed by atoms with Crippen LogP contribution in [0.1, 0.15) is 67.2 Å². The van der Waals surface area contributed by atoms with Crippen LogP contribution in [0.5, 0.6) is 0 Å². The van der Waals surface area contributed by atoms with Crippen LogP contribution in [0.4, 0.5) is 10.5 Å². The van der Waals surface area contributed by atoms with Gasteiger partial charge in [0.05, 0.1) is 23.2 Å². The molecule has 5 rings (SSSR count). The summed E-state index contributed by atoms with van der Waals surface area (Å²) in [6, 6.07) is 4.17. The van der Waals surface area contributed by atoms with Crippen molar-refractivity contribution in [1.29, 1.82) is 0 Å². The number of rotatable bonds is 2. The van der Waals surface area contributed by atoms with Gasteiger partial charge in [0.1, 0.15) is 11.6 Å². The summed E-state index contributed by atoms with van der Waals surface area (Å²) in [6.45, 7) is 6.76. The summed E-state index contributed by atoms with van der Waals surface area (Å²) < 4.78 is 5.60. The second-order valence-electron chi connectivity index (χ2n) is 10.4. The van der Waals surface area contributed by atoms with Crippen LogP contribution < -0.4 is 10.2 Å². The lowest BCUT2D eigenvalue weighted by Crippen LogP contribution is -2.56. The molecule has 3 fully saturated rings. The molecule has 1 aromatic rings. The van der Waals surface area contributed by atoms with Gasteiger partial charge in [0, 0.05) is 25.2 Å². The third-order valence-electron chi connectivity index (χ3n) is 6.87. The number of amides is 5. The van der Waals surface area contributed by atoms with E-state index in [0.717, 1.165) is 23.4 Å². The molecule has 10 heteroatoms. The first-order chi connectivity index (χ1) is 16.0. The highest BCUT2D eigenvalue weighted by Gasteiger charge is 2.47. The van der Waals surface area contributed by atoms with E-state index in [1.54, 1.807) is 18.2 Å². The van der Waals surface area contributed by atoms with Gasteiger partial charge in [-0.1, -0.05) is 0 Å². The van der Waals surface area contributed by atoms with Crippen molar-refractivity contribution in [3.8, 4) is 0 Å². The van der Waals surface area contributed by atoms with Gasteiger partial charge in [0.2, 0.25) is 11.8 Å². The van der Waals surface area contributed by atoms with E-state index in [4.69, 9.17) is 4.74 Å². The minimum absolute atomic E-state index is 0.0131. The monoisotopic (exact) mass is 468 g/mol. The lowest BCUT2D eigenvalue weighted by atomic mass is 10.0. The van der Waals surface area contributed by atoms with Gasteiger partial charge in [-0.15, -0.1) is 0 Å². The van der Waals surface area contributed by atoms with Gasteiger partial charge in [0.25, 0.3) is 11.8 Å². The van der Waals surface area contributed by atoms with Crippen molar-refractivity contribution >= 4 is 35.4 Å². The number of nitrogens with one attached hydrogen (secondary N) is 1. The summed E-state index contributed by atoms with van der Waals surface area (Å²) in [5, 5.41) is 2.21. The quantitative estimate of drug-likeness (QED) is 0.657. The third kappa shape index (κ3) is 3.70. The largest absolute Gasteiger partial charge is 0.444 e. The molecule has 0 spiro atoms. The minimum atomic E-state index is -0.984.